The van der Waals surface area contributed by atoms with Gasteiger partial charge in [-0.15, -0.1) is 0 Å². The Bertz CT molecular complexity index is 1390. The summed E-state index contributed by atoms with van der Waals surface area (Å²) < 4.78 is 62.8. The second-order valence-corrected chi connectivity index (χ2v) is 8.34. The molecule has 0 spiro atoms. The Labute approximate surface area is 196 Å². The van der Waals surface area contributed by atoms with Crippen LogP contribution in [-0.4, -0.2) is 39.5 Å². The number of rotatable bonds is 2. The summed E-state index contributed by atoms with van der Waals surface area (Å²) in [6.07, 6.45) is -3.57. The number of aromatic nitrogens is 1. The highest BCUT2D eigenvalue weighted by Gasteiger charge is 2.47. The molecule has 1 aromatic heterocycles. The van der Waals surface area contributed by atoms with Crippen LogP contribution < -0.4 is 15.2 Å². The van der Waals surface area contributed by atoms with Gasteiger partial charge in [0, 0.05) is 17.8 Å². The molecule has 2 aliphatic rings. The zero-order valence-corrected chi connectivity index (χ0v) is 18.3. The van der Waals surface area contributed by atoms with E-state index >= 15 is 0 Å². The fourth-order valence-electron chi connectivity index (χ4n) is 4.50. The van der Waals surface area contributed by atoms with Crippen molar-refractivity contribution >= 4 is 5.91 Å². The van der Waals surface area contributed by atoms with Crippen LogP contribution in [0.2, 0.25) is 0 Å². The molecule has 2 aliphatic heterocycles. The van der Waals surface area contributed by atoms with Crippen molar-refractivity contribution < 1.29 is 32.2 Å². The monoisotopic (exact) mass is 489 g/mol. The number of alkyl halides is 3. The first-order valence-electron chi connectivity index (χ1n) is 10.7. The summed E-state index contributed by atoms with van der Waals surface area (Å²) in [7, 11) is 0. The largest absolute Gasteiger partial charge is 0.502 e. The van der Waals surface area contributed by atoms with Gasteiger partial charge in [-0.1, -0.05) is 36.4 Å². The molecule has 3 heterocycles. The van der Waals surface area contributed by atoms with Gasteiger partial charge < -0.3 is 14.7 Å². The number of ether oxygens (including phenoxy) is 1. The van der Waals surface area contributed by atoms with E-state index in [0.717, 1.165) is 17.7 Å². The van der Waals surface area contributed by atoms with Crippen molar-refractivity contribution in [2.24, 2.45) is 0 Å². The molecule has 0 bridgehead atoms. The standard InChI is InChI=1S/C24H19F4N3O4/c1-13(24(26,27)28)29-12-31(30-10-9-18(32)21(33)20(30)23(29)34)19-15-6-3-2-5-14(15)11-35-22-16(19)7-4-8-17(22)25/h2-10,13,19,33H,11-12H2,1H3/t13-,19-/m1/s1. The van der Waals surface area contributed by atoms with Gasteiger partial charge in [-0.05, 0) is 24.1 Å². The number of para-hydroxylation sites is 1. The lowest BCUT2D eigenvalue weighted by Gasteiger charge is -2.45. The van der Waals surface area contributed by atoms with Crippen LogP contribution in [0.5, 0.6) is 11.5 Å². The maximum atomic E-state index is 14.8. The lowest BCUT2D eigenvalue weighted by molar-refractivity contribution is -0.173. The smallest absolute Gasteiger partial charge is 0.408 e. The number of carbonyl (C=O) groups is 1. The number of fused-ring (bicyclic) bond motifs is 3. The highest BCUT2D eigenvalue weighted by molar-refractivity contribution is 5.96. The highest BCUT2D eigenvalue weighted by Crippen LogP contribution is 2.42. The Balaban J connectivity index is 1.79. The van der Waals surface area contributed by atoms with Crippen LogP contribution in [0.4, 0.5) is 17.6 Å². The van der Waals surface area contributed by atoms with Gasteiger partial charge in [0.05, 0.1) is 0 Å². The average molecular weight is 489 g/mol. The van der Waals surface area contributed by atoms with E-state index in [1.807, 2.05) is 0 Å². The minimum Gasteiger partial charge on any atom is -0.502 e. The Kier molecular flexibility index (Phi) is 5.22. The third-order valence-corrected chi connectivity index (χ3v) is 6.34. The molecule has 35 heavy (non-hydrogen) atoms. The van der Waals surface area contributed by atoms with Crippen molar-refractivity contribution in [1.82, 2.24) is 9.58 Å². The fourth-order valence-corrected chi connectivity index (χ4v) is 4.50. The molecule has 1 amide bonds. The number of benzene rings is 2. The molecule has 182 valence electrons. The van der Waals surface area contributed by atoms with Crippen molar-refractivity contribution in [1.29, 1.82) is 0 Å². The predicted octanol–water partition coefficient (Wildman–Crippen LogP) is 3.68. The van der Waals surface area contributed by atoms with E-state index in [2.05, 4.69) is 0 Å². The molecule has 5 rings (SSSR count). The number of aromatic hydroxyl groups is 1. The average Bonchev–Trinajstić information content (AvgIpc) is 2.98. The minimum atomic E-state index is -4.78. The number of hydrogen-bond donors (Lipinski definition) is 1. The molecule has 0 unspecified atom stereocenters. The summed E-state index contributed by atoms with van der Waals surface area (Å²) >= 11 is 0. The molecule has 11 heteroatoms. The van der Waals surface area contributed by atoms with Crippen molar-refractivity contribution in [3.63, 3.8) is 0 Å². The number of carbonyl (C=O) groups excluding carboxylic acids is 1. The maximum Gasteiger partial charge on any atom is 0.408 e. The Morgan fingerprint density at radius 1 is 1.06 bits per heavy atom. The van der Waals surface area contributed by atoms with Gasteiger partial charge in [-0.25, -0.2) is 4.39 Å². The summed E-state index contributed by atoms with van der Waals surface area (Å²) in [5.41, 5.74) is 0.0535. The van der Waals surface area contributed by atoms with E-state index in [1.54, 1.807) is 30.3 Å². The second-order valence-electron chi connectivity index (χ2n) is 8.34. The zero-order chi connectivity index (χ0) is 25.1. The predicted molar refractivity (Wildman–Crippen MR) is 116 cm³/mol. The molecule has 0 fully saturated rings. The normalized spacial score (nSPS) is 18.2. The first kappa shape index (κ1) is 22.8. The molecular formula is C24H19F4N3O4. The summed E-state index contributed by atoms with van der Waals surface area (Å²) in [5.74, 6) is -2.86. The van der Waals surface area contributed by atoms with Gasteiger partial charge in [0.15, 0.2) is 23.0 Å². The maximum absolute atomic E-state index is 14.8. The zero-order valence-electron chi connectivity index (χ0n) is 18.3. The van der Waals surface area contributed by atoms with E-state index in [0.29, 0.717) is 21.6 Å². The summed E-state index contributed by atoms with van der Waals surface area (Å²) in [6, 6.07) is 9.06. The molecule has 3 aromatic rings. The molecule has 0 saturated heterocycles. The Morgan fingerprint density at radius 2 is 1.77 bits per heavy atom. The van der Waals surface area contributed by atoms with Crippen LogP contribution in [0.25, 0.3) is 0 Å². The molecular weight excluding hydrogens is 470 g/mol. The SMILES string of the molecule is C[C@@H](N1CN([C@@H]2c3ccccc3COc3c(F)cccc32)n2ccc(=O)c(O)c2C1=O)C(F)(F)F. The summed E-state index contributed by atoms with van der Waals surface area (Å²) in [6.45, 7) is 0.268. The van der Waals surface area contributed by atoms with E-state index in [4.69, 9.17) is 4.74 Å². The molecule has 2 aromatic carbocycles. The highest BCUT2D eigenvalue weighted by atomic mass is 19.4. The van der Waals surface area contributed by atoms with Gasteiger partial charge in [0.1, 0.15) is 25.4 Å². The summed E-state index contributed by atoms with van der Waals surface area (Å²) in [4.78, 5) is 25.8. The number of amides is 1. The van der Waals surface area contributed by atoms with Crippen molar-refractivity contribution in [2.45, 2.75) is 31.8 Å². The van der Waals surface area contributed by atoms with E-state index < -0.39 is 53.5 Å². The number of pyridine rings is 1. The second kappa shape index (κ2) is 8.03. The van der Waals surface area contributed by atoms with Crippen LogP contribution in [0.1, 0.15) is 40.1 Å². The van der Waals surface area contributed by atoms with Gasteiger partial charge in [-0.3, -0.25) is 19.3 Å². The van der Waals surface area contributed by atoms with Crippen LogP contribution >= 0.6 is 0 Å². The third-order valence-electron chi connectivity index (χ3n) is 6.34. The molecule has 2 atom stereocenters. The topological polar surface area (TPSA) is 75.0 Å². The van der Waals surface area contributed by atoms with Crippen LogP contribution in [0.15, 0.2) is 59.5 Å². The lowest BCUT2D eigenvalue weighted by Crippen LogP contribution is -2.60. The molecule has 1 N–H and O–H groups in total. The first-order chi connectivity index (χ1) is 16.6. The summed E-state index contributed by atoms with van der Waals surface area (Å²) in [5, 5.41) is 11.8. The molecule has 0 saturated carbocycles. The van der Waals surface area contributed by atoms with E-state index in [9.17, 15) is 32.3 Å². The quantitative estimate of drug-likeness (QED) is 0.556. The fraction of sp³-hybridized carbons (Fsp3) is 0.250. The van der Waals surface area contributed by atoms with Gasteiger partial charge in [0.25, 0.3) is 5.91 Å². The van der Waals surface area contributed by atoms with Crippen LogP contribution in [0.3, 0.4) is 0 Å². The number of halogens is 4. The molecule has 0 aliphatic carbocycles. The van der Waals surface area contributed by atoms with Gasteiger partial charge in [0.2, 0.25) is 5.43 Å². The van der Waals surface area contributed by atoms with E-state index in [1.165, 1.54) is 23.3 Å². The van der Waals surface area contributed by atoms with E-state index in [-0.39, 0.29) is 12.4 Å². The van der Waals surface area contributed by atoms with Crippen molar-refractivity contribution in [2.75, 3.05) is 11.7 Å². The third kappa shape index (κ3) is 3.58. The van der Waals surface area contributed by atoms with Crippen LogP contribution in [-0.2, 0) is 6.61 Å². The number of nitrogens with zero attached hydrogens (tertiary/aromatic N) is 3. The number of hydrogen-bond acceptors (Lipinski definition) is 5. The van der Waals surface area contributed by atoms with Gasteiger partial charge in [-0.2, -0.15) is 13.2 Å². The Morgan fingerprint density at radius 3 is 2.51 bits per heavy atom. The molecule has 0 radical (unpaired) electrons. The van der Waals surface area contributed by atoms with Crippen LogP contribution in [0, 0.1) is 5.82 Å². The lowest BCUT2D eigenvalue weighted by atomic mass is 9.94. The van der Waals surface area contributed by atoms with Gasteiger partial charge >= 0.3 is 6.18 Å². The van der Waals surface area contributed by atoms with Crippen molar-refractivity contribution in [3.05, 3.63) is 93.2 Å². The minimum absolute atomic E-state index is 0.0122. The Hall–Kier alpha value is -4.02. The molecule has 7 nitrogen and oxygen atoms in total. The van der Waals surface area contributed by atoms with Crippen molar-refractivity contribution in [3.8, 4) is 11.5 Å². The first-order valence-corrected chi connectivity index (χ1v) is 10.7.